The van der Waals surface area contributed by atoms with Gasteiger partial charge >= 0.3 is 0 Å². The number of hydrogen-bond acceptors (Lipinski definition) is 4. The van der Waals surface area contributed by atoms with Crippen LogP contribution in [0.4, 0.5) is 0 Å². The fraction of sp³-hybridized carbons (Fsp3) is 0.179. The second-order valence-corrected chi connectivity index (χ2v) is 12.1. The number of carbonyl (C=O) groups excluding carboxylic acids is 1. The zero-order valence-electron chi connectivity index (χ0n) is 25.0. The van der Waals surface area contributed by atoms with E-state index in [1.54, 1.807) is 0 Å². The number of hydrogen-bond donors (Lipinski definition) is 1. The van der Waals surface area contributed by atoms with Crippen LogP contribution in [0.25, 0.3) is 22.2 Å². The first kappa shape index (κ1) is 29.2. The molecule has 6 aromatic rings. The summed E-state index contributed by atoms with van der Waals surface area (Å²) in [5, 5.41) is 16.3. The van der Waals surface area contributed by atoms with E-state index in [-0.39, 0.29) is 12.4 Å². The minimum Gasteiger partial charge on any atom is -0.395 e. The maximum Gasteiger partial charge on any atom is 0.196 e. The Morgan fingerprint density at radius 2 is 1.24 bits per heavy atom. The molecular weight excluding hydrogens is 578 g/mol. The number of aliphatic hydroxyl groups is 1. The summed E-state index contributed by atoms with van der Waals surface area (Å²) >= 11 is 6.83. The molecule has 7 rings (SSSR count). The largest absolute Gasteiger partial charge is 0.395 e. The van der Waals surface area contributed by atoms with Crippen LogP contribution in [0.2, 0.25) is 5.02 Å². The van der Waals surface area contributed by atoms with Crippen molar-refractivity contribution in [2.45, 2.75) is 25.9 Å². The monoisotopic (exact) mass is 611 g/mol. The van der Waals surface area contributed by atoms with Crippen LogP contribution in [0.15, 0.2) is 115 Å². The maximum atomic E-state index is 14.5. The quantitative estimate of drug-likeness (QED) is 0.164. The molecule has 5 aromatic carbocycles. The van der Waals surface area contributed by atoms with Gasteiger partial charge in [0.1, 0.15) is 5.69 Å². The lowest BCUT2D eigenvalue weighted by molar-refractivity contribution is 0.103. The predicted molar refractivity (Wildman–Crippen MR) is 181 cm³/mol. The van der Waals surface area contributed by atoms with E-state index in [1.165, 1.54) is 11.1 Å². The first-order chi connectivity index (χ1) is 22.1. The van der Waals surface area contributed by atoms with E-state index in [1.807, 2.05) is 71.4 Å². The number of carbonyl (C=O) groups is 1. The molecule has 1 heterocycles. The SMILES string of the molecule is O=C1c2c(Cc3ccccc3)ccc(Cc3ccccc3)c2-c2nn(CCN(CCO)Cc3ccccc3)c3ccc(Cl)c1c23. The third-order valence-corrected chi connectivity index (χ3v) is 9.02. The number of nitrogens with zero attached hydrogens (tertiary/aromatic N) is 3. The number of rotatable bonds is 11. The molecule has 224 valence electrons. The van der Waals surface area contributed by atoms with Crippen LogP contribution in [0.1, 0.15) is 43.7 Å². The molecule has 0 atom stereocenters. The molecule has 6 heteroatoms. The van der Waals surface area contributed by atoms with Crippen molar-refractivity contribution in [3.05, 3.63) is 159 Å². The van der Waals surface area contributed by atoms with Crippen LogP contribution in [0.3, 0.4) is 0 Å². The van der Waals surface area contributed by atoms with Gasteiger partial charge in [0, 0.05) is 36.1 Å². The van der Waals surface area contributed by atoms with E-state index in [4.69, 9.17) is 16.7 Å². The van der Waals surface area contributed by atoms with Crippen molar-refractivity contribution >= 4 is 28.3 Å². The van der Waals surface area contributed by atoms with Gasteiger partial charge in [-0.2, -0.15) is 5.10 Å². The van der Waals surface area contributed by atoms with Gasteiger partial charge in [-0.1, -0.05) is 115 Å². The Kier molecular flexibility index (Phi) is 8.31. The average molecular weight is 612 g/mol. The van der Waals surface area contributed by atoms with Gasteiger partial charge in [0.2, 0.25) is 0 Å². The van der Waals surface area contributed by atoms with Crippen molar-refractivity contribution in [3.8, 4) is 11.3 Å². The number of ketones is 1. The number of benzene rings is 5. The van der Waals surface area contributed by atoms with Gasteiger partial charge in [-0.3, -0.25) is 14.4 Å². The third-order valence-electron chi connectivity index (χ3n) is 8.71. The van der Waals surface area contributed by atoms with E-state index >= 15 is 0 Å². The molecule has 45 heavy (non-hydrogen) atoms. The molecule has 0 aliphatic heterocycles. The summed E-state index contributed by atoms with van der Waals surface area (Å²) < 4.78 is 2.01. The molecule has 0 amide bonds. The van der Waals surface area contributed by atoms with E-state index in [2.05, 4.69) is 53.4 Å². The predicted octanol–water partition coefficient (Wildman–Crippen LogP) is 7.58. The normalized spacial score (nSPS) is 12.2. The Labute approximate surface area is 268 Å². The summed E-state index contributed by atoms with van der Waals surface area (Å²) in [6.07, 6.45) is 1.33. The van der Waals surface area contributed by atoms with E-state index < -0.39 is 0 Å². The first-order valence-electron chi connectivity index (χ1n) is 15.4. The van der Waals surface area contributed by atoms with Crippen molar-refractivity contribution in [1.29, 1.82) is 0 Å². The molecule has 0 saturated carbocycles. The van der Waals surface area contributed by atoms with Gasteiger partial charge in [0.05, 0.1) is 29.3 Å². The fourth-order valence-corrected chi connectivity index (χ4v) is 6.82. The molecule has 1 aliphatic rings. The maximum absolute atomic E-state index is 14.5. The van der Waals surface area contributed by atoms with Crippen LogP contribution >= 0.6 is 11.6 Å². The second-order valence-electron chi connectivity index (χ2n) is 11.7. The van der Waals surface area contributed by atoms with Gasteiger partial charge < -0.3 is 5.11 Å². The Morgan fingerprint density at radius 3 is 1.84 bits per heavy atom. The molecule has 5 nitrogen and oxygen atoms in total. The van der Waals surface area contributed by atoms with Crippen molar-refractivity contribution in [2.75, 3.05) is 19.7 Å². The molecule has 0 saturated heterocycles. The standard InChI is InChI=1S/C39H34ClN3O2/c40-32-18-19-33-37-36(32)39(45)35-31(25-28-12-6-2-7-13-28)17-16-30(24-27-10-4-1-5-11-27)34(35)38(37)41-43(33)21-20-42(22-23-44)26-29-14-8-3-9-15-29/h1-19,44H,20-26H2. The third kappa shape index (κ3) is 5.83. The number of halogens is 1. The van der Waals surface area contributed by atoms with Crippen LogP contribution in [0.5, 0.6) is 0 Å². The summed E-state index contributed by atoms with van der Waals surface area (Å²) in [4.78, 5) is 16.8. The minimum absolute atomic E-state index is 0.0422. The van der Waals surface area contributed by atoms with Gasteiger partial charge in [-0.25, -0.2) is 0 Å². The molecule has 1 aliphatic carbocycles. The zero-order chi connectivity index (χ0) is 30.8. The molecule has 0 fully saturated rings. The van der Waals surface area contributed by atoms with E-state index in [0.29, 0.717) is 48.6 Å². The molecular formula is C39H34ClN3O2. The topological polar surface area (TPSA) is 58.4 Å². The zero-order valence-corrected chi connectivity index (χ0v) is 25.8. The van der Waals surface area contributed by atoms with Crippen LogP contribution in [-0.4, -0.2) is 45.3 Å². The van der Waals surface area contributed by atoms with Crippen molar-refractivity contribution in [3.63, 3.8) is 0 Å². The van der Waals surface area contributed by atoms with Gasteiger partial charge in [-0.05, 0) is 52.8 Å². The van der Waals surface area contributed by atoms with Crippen LogP contribution in [-0.2, 0) is 25.9 Å². The number of fused-ring (bicyclic) bond motifs is 2. The summed E-state index contributed by atoms with van der Waals surface area (Å²) in [5.74, 6) is -0.0422. The van der Waals surface area contributed by atoms with Gasteiger partial charge in [0.15, 0.2) is 5.78 Å². The van der Waals surface area contributed by atoms with Crippen molar-refractivity contribution in [2.24, 2.45) is 0 Å². The fourth-order valence-electron chi connectivity index (χ4n) is 6.57. The molecule has 0 unspecified atom stereocenters. The molecule has 0 spiro atoms. The second kappa shape index (κ2) is 12.8. The highest BCUT2D eigenvalue weighted by molar-refractivity contribution is 6.39. The van der Waals surface area contributed by atoms with Crippen LogP contribution in [0, 0.1) is 0 Å². The van der Waals surface area contributed by atoms with E-state index in [0.717, 1.165) is 45.4 Å². The van der Waals surface area contributed by atoms with Gasteiger partial charge in [0.25, 0.3) is 0 Å². The molecule has 1 N–H and O–H groups in total. The summed E-state index contributed by atoms with van der Waals surface area (Å²) in [5.41, 5.74) is 9.42. The summed E-state index contributed by atoms with van der Waals surface area (Å²) in [6.45, 7) is 2.66. The summed E-state index contributed by atoms with van der Waals surface area (Å²) in [6, 6.07) is 39.0. The summed E-state index contributed by atoms with van der Waals surface area (Å²) in [7, 11) is 0. The lowest BCUT2D eigenvalue weighted by Crippen LogP contribution is -2.30. The highest BCUT2D eigenvalue weighted by Crippen LogP contribution is 2.45. The van der Waals surface area contributed by atoms with Crippen molar-refractivity contribution < 1.29 is 9.90 Å². The highest BCUT2D eigenvalue weighted by Gasteiger charge is 2.34. The smallest absolute Gasteiger partial charge is 0.196 e. The Hall–Kier alpha value is -4.55. The molecule has 1 aromatic heterocycles. The average Bonchev–Trinajstić information content (AvgIpc) is 3.43. The van der Waals surface area contributed by atoms with E-state index in [9.17, 15) is 9.90 Å². The number of aliphatic hydroxyl groups excluding tert-OH is 1. The lowest BCUT2D eigenvalue weighted by Gasteiger charge is -2.22. The first-order valence-corrected chi connectivity index (χ1v) is 15.8. The van der Waals surface area contributed by atoms with Crippen molar-refractivity contribution in [1.82, 2.24) is 14.7 Å². The molecule has 0 radical (unpaired) electrons. The van der Waals surface area contributed by atoms with Crippen LogP contribution < -0.4 is 0 Å². The molecule has 0 bridgehead atoms. The Bertz CT molecular complexity index is 1970. The Balaban J connectivity index is 1.34. The minimum atomic E-state index is -0.0422. The highest BCUT2D eigenvalue weighted by atomic mass is 35.5. The lowest BCUT2D eigenvalue weighted by atomic mass is 9.80. The number of aromatic nitrogens is 2. The van der Waals surface area contributed by atoms with Gasteiger partial charge in [-0.15, -0.1) is 0 Å². The Morgan fingerprint density at radius 1 is 0.667 bits per heavy atom.